The van der Waals surface area contributed by atoms with E-state index in [-0.39, 0.29) is 12.0 Å². The number of pyridine rings is 1. The summed E-state index contributed by atoms with van der Waals surface area (Å²) >= 11 is 1.77. The predicted octanol–water partition coefficient (Wildman–Crippen LogP) is 4.49. The van der Waals surface area contributed by atoms with E-state index in [1.54, 1.807) is 11.3 Å². The topological polar surface area (TPSA) is 53.4 Å². The minimum Gasteiger partial charge on any atom is -0.481 e. The van der Waals surface area contributed by atoms with Crippen LogP contribution in [-0.4, -0.2) is 34.0 Å². The molecule has 2 aromatic heterocycles. The highest BCUT2D eigenvalue weighted by atomic mass is 32.1. The Kier molecular flexibility index (Phi) is 4.74. The Morgan fingerprint density at radius 1 is 1.23 bits per heavy atom. The van der Waals surface area contributed by atoms with Crippen molar-refractivity contribution in [3.05, 3.63) is 64.0 Å². The lowest BCUT2D eigenvalue weighted by Crippen LogP contribution is -2.41. The van der Waals surface area contributed by atoms with Gasteiger partial charge in [-0.05, 0) is 50.6 Å². The number of aromatic nitrogens is 1. The summed E-state index contributed by atoms with van der Waals surface area (Å²) in [5.74, 6) is -0.991. The molecule has 1 N–H and O–H groups in total. The third-order valence-corrected chi connectivity index (χ3v) is 6.15. The SMILES string of the molecule is Cc1ccc(C(c2ccc3ccccc3n2)N2CCCC(C(=O)O)C2)s1. The molecule has 4 rings (SSSR count). The molecule has 0 amide bonds. The van der Waals surface area contributed by atoms with E-state index in [4.69, 9.17) is 4.98 Å². The first-order valence-corrected chi connectivity index (χ1v) is 9.82. The molecule has 1 aromatic carbocycles. The van der Waals surface area contributed by atoms with E-state index >= 15 is 0 Å². The Morgan fingerprint density at radius 2 is 2.08 bits per heavy atom. The summed E-state index contributed by atoms with van der Waals surface area (Å²) in [6.07, 6.45) is 1.67. The molecule has 3 aromatic rings. The number of likely N-dealkylation sites (tertiary alicyclic amines) is 1. The molecule has 26 heavy (non-hydrogen) atoms. The molecule has 0 bridgehead atoms. The molecule has 0 aliphatic carbocycles. The quantitative estimate of drug-likeness (QED) is 0.739. The fraction of sp³-hybridized carbons (Fsp3) is 0.333. The maximum atomic E-state index is 11.5. The highest BCUT2D eigenvalue weighted by molar-refractivity contribution is 7.12. The van der Waals surface area contributed by atoms with Gasteiger partial charge in [-0.2, -0.15) is 0 Å². The molecule has 0 saturated carbocycles. The van der Waals surface area contributed by atoms with Crippen LogP contribution in [0.2, 0.25) is 0 Å². The van der Waals surface area contributed by atoms with Crippen molar-refractivity contribution in [1.29, 1.82) is 0 Å². The molecule has 2 unspecified atom stereocenters. The number of carbonyl (C=O) groups is 1. The lowest BCUT2D eigenvalue weighted by Gasteiger charge is -2.36. The number of aliphatic carboxylic acids is 1. The highest BCUT2D eigenvalue weighted by Gasteiger charge is 2.32. The van der Waals surface area contributed by atoms with Crippen molar-refractivity contribution in [1.82, 2.24) is 9.88 Å². The highest BCUT2D eigenvalue weighted by Crippen LogP contribution is 2.36. The number of rotatable bonds is 4. The third kappa shape index (κ3) is 3.37. The molecule has 2 atom stereocenters. The Morgan fingerprint density at radius 3 is 2.85 bits per heavy atom. The molecular weight excluding hydrogens is 344 g/mol. The molecule has 4 nitrogen and oxygen atoms in total. The second-order valence-corrected chi connectivity index (χ2v) is 8.27. The summed E-state index contributed by atoms with van der Waals surface area (Å²) in [6.45, 7) is 3.58. The van der Waals surface area contributed by atoms with Gasteiger partial charge in [0.25, 0.3) is 0 Å². The molecule has 134 valence electrons. The first kappa shape index (κ1) is 17.2. The summed E-state index contributed by atoms with van der Waals surface area (Å²) < 4.78 is 0. The summed E-state index contributed by atoms with van der Waals surface area (Å²) in [5.41, 5.74) is 1.98. The van der Waals surface area contributed by atoms with Gasteiger partial charge in [0, 0.05) is 21.7 Å². The van der Waals surface area contributed by atoms with Crippen LogP contribution in [0.5, 0.6) is 0 Å². The van der Waals surface area contributed by atoms with Crippen molar-refractivity contribution in [3.63, 3.8) is 0 Å². The van der Waals surface area contributed by atoms with E-state index in [0.717, 1.165) is 36.0 Å². The monoisotopic (exact) mass is 366 g/mol. The normalized spacial score (nSPS) is 19.5. The van der Waals surface area contributed by atoms with Gasteiger partial charge in [-0.1, -0.05) is 24.3 Å². The van der Waals surface area contributed by atoms with Gasteiger partial charge in [0.2, 0.25) is 0 Å². The van der Waals surface area contributed by atoms with Crippen molar-refractivity contribution in [3.8, 4) is 0 Å². The first-order valence-electron chi connectivity index (χ1n) is 9.01. The third-order valence-electron chi connectivity index (χ3n) is 5.10. The van der Waals surface area contributed by atoms with Gasteiger partial charge in [0.05, 0.1) is 23.2 Å². The van der Waals surface area contributed by atoms with E-state index in [0.29, 0.717) is 6.54 Å². The lowest BCUT2D eigenvalue weighted by molar-refractivity contribution is -0.143. The zero-order valence-corrected chi connectivity index (χ0v) is 15.6. The van der Waals surface area contributed by atoms with Crippen LogP contribution >= 0.6 is 11.3 Å². The number of hydrogen-bond donors (Lipinski definition) is 1. The molecule has 1 aliphatic heterocycles. The van der Waals surface area contributed by atoms with Gasteiger partial charge in [-0.3, -0.25) is 14.7 Å². The van der Waals surface area contributed by atoms with Crippen LogP contribution in [0.4, 0.5) is 0 Å². The molecule has 1 aliphatic rings. The number of piperidine rings is 1. The van der Waals surface area contributed by atoms with Crippen LogP contribution < -0.4 is 0 Å². The summed E-state index contributed by atoms with van der Waals surface area (Å²) in [4.78, 5) is 21.2. The Balaban J connectivity index is 1.76. The zero-order chi connectivity index (χ0) is 18.1. The Hall–Kier alpha value is -2.24. The van der Waals surface area contributed by atoms with Crippen molar-refractivity contribution >= 4 is 28.2 Å². The number of hydrogen-bond acceptors (Lipinski definition) is 4. The van der Waals surface area contributed by atoms with Gasteiger partial charge >= 0.3 is 5.97 Å². The van der Waals surface area contributed by atoms with Crippen LogP contribution in [0.3, 0.4) is 0 Å². The second kappa shape index (κ2) is 7.17. The summed E-state index contributed by atoms with van der Waals surface area (Å²) in [6, 6.07) is 16.6. The smallest absolute Gasteiger partial charge is 0.307 e. The largest absolute Gasteiger partial charge is 0.481 e. The first-order chi connectivity index (χ1) is 12.6. The summed E-state index contributed by atoms with van der Waals surface area (Å²) in [7, 11) is 0. The van der Waals surface area contributed by atoms with Crippen LogP contribution in [-0.2, 0) is 4.79 Å². The molecule has 1 fully saturated rings. The number of benzene rings is 1. The van der Waals surface area contributed by atoms with E-state index < -0.39 is 5.97 Å². The van der Waals surface area contributed by atoms with Gasteiger partial charge in [-0.15, -0.1) is 11.3 Å². The molecule has 3 heterocycles. The molecule has 0 spiro atoms. The van der Waals surface area contributed by atoms with Crippen LogP contribution in [0.15, 0.2) is 48.5 Å². The molecule has 1 saturated heterocycles. The maximum Gasteiger partial charge on any atom is 0.307 e. The van der Waals surface area contributed by atoms with Crippen LogP contribution in [0, 0.1) is 12.8 Å². The molecule has 5 heteroatoms. The van der Waals surface area contributed by atoms with E-state index in [9.17, 15) is 9.90 Å². The van der Waals surface area contributed by atoms with E-state index in [1.165, 1.54) is 9.75 Å². The number of aryl methyl sites for hydroxylation is 1. The predicted molar refractivity (Wildman–Crippen MR) is 105 cm³/mol. The molecular formula is C21H22N2O2S. The number of carboxylic acids is 1. The summed E-state index contributed by atoms with van der Waals surface area (Å²) in [5, 5.41) is 10.6. The average Bonchev–Trinajstić information content (AvgIpc) is 3.08. The van der Waals surface area contributed by atoms with Crippen LogP contribution in [0.1, 0.15) is 34.3 Å². The number of fused-ring (bicyclic) bond motifs is 1. The standard InChI is InChI=1S/C21H22N2O2S/c1-14-8-11-19(26-14)20(23-12-4-6-16(13-23)21(24)25)18-10-9-15-5-2-3-7-17(15)22-18/h2-3,5,7-11,16,20H,4,6,12-13H2,1H3,(H,24,25). The van der Waals surface area contributed by atoms with Crippen molar-refractivity contribution < 1.29 is 9.90 Å². The number of thiophene rings is 1. The number of para-hydroxylation sites is 1. The van der Waals surface area contributed by atoms with Gasteiger partial charge in [0.1, 0.15) is 0 Å². The van der Waals surface area contributed by atoms with Crippen molar-refractivity contribution in [2.24, 2.45) is 5.92 Å². The van der Waals surface area contributed by atoms with Crippen molar-refractivity contribution in [2.45, 2.75) is 25.8 Å². The van der Waals surface area contributed by atoms with Gasteiger partial charge in [-0.25, -0.2) is 0 Å². The van der Waals surface area contributed by atoms with E-state index in [2.05, 4.69) is 42.2 Å². The van der Waals surface area contributed by atoms with Crippen LogP contribution in [0.25, 0.3) is 10.9 Å². The molecule has 0 radical (unpaired) electrons. The number of carboxylic acid groups (broad SMARTS) is 1. The minimum atomic E-state index is -0.692. The fourth-order valence-corrected chi connectivity index (χ4v) is 4.82. The fourth-order valence-electron chi connectivity index (χ4n) is 3.79. The maximum absolute atomic E-state index is 11.5. The Labute approximate surface area is 157 Å². The van der Waals surface area contributed by atoms with Crippen molar-refractivity contribution in [2.75, 3.05) is 13.1 Å². The van der Waals surface area contributed by atoms with Gasteiger partial charge in [0.15, 0.2) is 0 Å². The average molecular weight is 366 g/mol. The Bertz CT molecular complexity index is 936. The lowest BCUT2D eigenvalue weighted by atomic mass is 9.95. The number of nitrogens with zero attached hydrogens (tertiary/aromatic N) is 2. The van der Waals surface area contributed by atoms with E-state index in [1.807, 2.05) is 18.2 Å². The van der Waals surface area contributed by atoms with Gasteiger partial charge < -0.3 is 5.11 Å². The second-order valence-electron chi connectivity index (χ2n) is 6.95. The minimum absolute atomic E-state index is 0.0143. The zero-order valence-electron chi connectivity index (χ0n) is 14.8.